The third-order valence-corrected chi connectivity index (χ3v) is 11.6. The quantitative estimate of drug-likeness (QED) is 0.0280. The van der Waals surface area contributed by atoms with Crippen LogP contribution in [0.25, 0.3) is 11.1 Å². The minimum Gasteiger partial charge on any atom is -0.513 e. The van der Waals surface area contributed by atoms with Gasteiger partial charge in [-0.3, -0.25) is 33.8 Å². The third kappa shape index (κ3) is 20.2. The summed E-state index contributed by atoms with van der Waals surface area (Å²) in [5.74, 6) is -5.48. The van der Waals surface area contributed by atoms with E-state index in [4.69, 9.17) is 5.73 Å². The van der Waals surface area contributed by atoms with E-state index in [1.54, 1.807) is 24.4 Å². The number of aliphatic hydroxyl groups excluding tert-OH is 2. The Labute approximate surface area is 427 Å². The maximum atomic E-state index is 15.4. The summed E-state index contributed by atoms with van der Waals surface area (Å²) in [4.78, 5) is 85.7. The number of carbonyl (C=O) groups is 6. The molecule has 2 aromatic carbocycles. The van der Waals surface area contributed by atoms with Crippen LogP contribution in [0.5, 0.6) is 0 Å². The Balaban J connectivity index is 0.00000694. The molecule has 6 amide bonds. The van der Waals surface area contributed by atoms with Gasteiger partial charge in [-0.1, -0.05) is 78.5 Å². The third-order valence-electron chi connectivity index (χ3n) is 11.6. The number of benzene rings is 2. The van der Waals surface area contributed by atoms with Gasteiger partial charge in [0.1, 0.15) is 30.3 Å². The lowest BCUT2D eigenvalue weighted by molar-refractivity contribution is -0.140. The molecule has 73 heavy (non-hydrogen) atoms. The maximum Gasteiger partial charge on any atom is 0.248 e. The van der Waals surface area contributed by atoms with Gasteiger partial charge in [0.15, 0.2) is 0 Å². The topological polar surface area (TPSA) is 250 Å². The first kappa shape index (κ1) is 60.3. The number of nitrogens with one attached hydrogen (secondary N) is 5. The molecule has 0 spiro atoms. The summed E-state index contributed by atoms with van der Waals surface area (Å²) in [5, 5.41) is 33.8. The Morgan fingerprint density at radius 3 is 2.11 bits per heavy atom. The molecule has 4 aromatic rings. The van der Waals surface area contributed by atoms with E-state index in [0.29, 0.717) is 29.7 Å². The Hall–Kier alpha value is -6.99. The first-order chi connectivity index (χ1) is 34.5. The number of rotatable bonds is 27. The molecule has 398 valence electrons. The lowest BCUT2D eigenvalue weighted by Crippen LogP contribution is -2.56. The number of nitrogens with zero attached hydrogens (tertiary/aromatic N) is 3. The van der Waals surface area contributed by atoms with Gasteiger partial charge in [-0.15, -0.1) is 0 Å². The Kier molecular flexibility index (Phi) is 23.9. The van der Waals surface area contributed by atoms with Crippen LogP contribution in [-0.4, -0.2) is 111 Å². The average Bonchev–Trinajstić information content (AvgIpc) is 3.72. The van der Waals surface area contributed by atoms with Crippen molar-refractivity contribution in [3.8, 4) is 11.1 Å². The van der Waals surface area contributed by atoms with Crippen molar-refractivity contribution in [2.75, 3.05) is 32.8 Å². The highest BCUT2D eigenvalue weighted by atomic mass is 19.1. The molecule has 0 aliphatic heterocycles. The van der Waals surface area contributed by atoms with Gasteiger partial charge < -0.3 is 52.0 Å². The number of hydrogen-bond acceptors (Lipinski definition) is 10. The van der Waals surface area contributed by atoms with Gasteiger partial charge in [-0.05, 0) is 85.5 Å². The largest absolute Gasteiger partial charge is 0.513 e. The molecule has 0 aliphatic rings. The predicted molar refractivity (Wildman–Crippen MR) is 276 cm³/mol. The number of amides is 6. The summed E-state index contributed by atoms with van der Waals surface area (Å²) in [7, 11) is 0. The highest BCUT2D eigenvalue weighted by Crippen LogP contribution is 2.41. The molecule has 0 radical (unpaired) electrons. The van der Waals surface area contributed by atoms with Gasteiger partial charge >= 0.3 is 0 Å². The van der Waals surface area contributed by atoms with Crippen LogP contribution in [0, 0.1) is 23.0 Å². The zero-order valence-corrected chi connectivity index (χ0v) is 43.4. The molecule has 0 saturated carbocycles. The number of aliphatic hydroxyl groups is 2. The lowest BCUT2D eigenvalue weighted by atomic mass is 9.82. The monoisotopic (exact) mass is 1020 g/mol. The van der Waals surface area contributed by atoms with Gasteiger partial charge in [-0.25, -0.2) is 8.78 Å². The zero-order valence-electron chi connectivity index (χ0n) is 43.4. The second-order valence-electron chi connectivity index (χ2n) is 19.5. The molecule has 9 N–H and O–H groups in total. The lowest BCUT2D eigenvalue weighted by Gasteiger charge is -2.41. The van der Waals surface area contributed by atoms with Crippen LogP contribution < -0.4 is 32.3 Å². The number of aromatic nitrogens is 2. The van der Waals surface area contributed by atoms with Crippen LogP contribution in [0.15, 0.2) is 97.7 Å². The summed E-state index contributed by atoms with van der Waals surface area (Å²) in [6, 6.07) is 13.5. The SMILES string of the molecule is C=C(O)CC(C)CC(C)(C)NCC(=O)NCCNC(=O)C(CCN(C(=O)CO)C(c1cc(-c2cc(F)ccc2F)cn1Cc1ccccc1)C(C)(C)C)NC(=O)[C@H](CC(N)=O)NC(=O)Cc1ccncc1.CC. The molecule has 3 unspecified atom stereocenters. The van der Waals surface area contributed by atoms with E-state index in [9.17, 15) is 43.4 Å². The van der Waals surface area contributed by atoms with E-state index in [2.05, 4.69) is 38.1 Å². The number of primary amides is 1. The van der Waals surface area contributed by atoms with Crippen molar-refractivity contribution in [3.05, 3.63) is 126 Å². The molecule has 19 heteroatoms. The first-order valence-electron chi connectivity index (χ1n) is 24.5. The van der Waals surface area contributed by atoms with Crippen LogP contribution in [0.1, 0.15) is 104 Å². The summed E-state index contributed by atoms with van der Waals surface area (Å²) in [5.41, 5.74) is 6.45. The van der Waals surface area contributed by atoms with Crippen LogP contribution in [-0.2, 0) is 41.7 Å². The van der Waals surface area contributed by atoms with Crippen molar-refractivity contribution in [3.63, 3.8) is 0 Å². The Bertz CT molecular complexity index is 2460. The number of nitrogens with two attached hydrogens (primary N) is 1. The summed E-state index contributed by atoms with van der Waals surface area (Å²) in [6.45, 7) is 17.8. The van der Waals surface area contributed by atoms with Crippen molar-refractivity contribution in [1.82, 2.24) is 41.0 Å². The van der Waals surface area contributed by atoms with Gasteiger partial charge in [0.25, 0.3) is 0 Å². The highest BCUT2D eigenvalue weighted by Gasteiger charge is 2.38. The first-order valence-corrected chi connectivity index (χ1v) is 24.5. The zero-order chi connectivity index (χ0) is 54.5. The van der Waals surface area contributed by atoms with E-state index in [1.165, 1.54) is 17.3 Å². The Morgan fingerprint density at radius 2 is 1.49 bits per heavy atom. The van der Waals surface area contributed by atoms with Crippen molar-refractivity contribution in [2.24, 2.45) is 17.1 Å². The molecule has 4 atom stereocenters. The minimum atomic E-state index is -1.51. The predicted octanol–water partition coefficient (Wildman–Crippen LogP) is 5.38. The molecule has 4 rings (SSSR count). The smallest absolute Gasteiger partial charge is 0.248 e. The standard InChI is InChI=1S/C52H69F2N9O8.C2H6/c1-33(23-34(2)65)28-52(6,7)59-29-46(68)57-20-21-58-49(70)41(61-50(71)42(27-44(55)66)60-45(67)24-35-15-18-56-19-16-35)17-22-63(47(69)32-64)48(51(3,4)5)43-25-37(39-26-38(53)13-14-40(39)54)31-62(43)30-36-11-9-8-10-12-36;1-2/h8-16,18-19,25-26,31,33,41-42,48,59,64-65H,2,17,20-24,27-30,32H2,1,3-7H3,(H2,55,66)(H,57,68)(H,58,70)(H,60,67)(H,61,71);1-2H3/t33?,41?,42-,48?;/m0./s1. The molecule has 2 heterocycles. The second-order valence-corrected chi connectivity index (χ2v) is 19.5. The minimum absolute atomic E-state index is 0.0165. The van der Waals surface area contributed by atoms with Crippen molar-refractivity contribution < 1.29 is 47.8 Å². The van der Waals surface area contributed by atoms with Crippen molar-refractivity contribution >= 4 is 35.4 Å². The molecule has 2 aromatic heterocycles. The molecule has 0 saturated heterocycles. The van der Waals surface area contributed by atoms with Crippen molar-refractivity contribution in [1.29, 1.82) is 0 Å². The van der Waals surface area contributed by atoms with E-state index in [-0.39, 0.29) is 68.7 Å². The van der Waals surface area contributed by atoms with E-state index in [1.807, 2.05) is 90.3 Å². The number of allylic oxidation sites excluding steroid dienone is 1. The Morgan fingerprint density at radius 1 is 0.836 bits per heavy atom. The summed E-state index contributed by atoms with van der Waals surface area (Å²) in [6.07, 6.45) is 4.63. The molecular weight excluding hydrogens is 941 g/mol. The van der Waals surface area contributed by atoms with Crippen LogP contribution in [0.4, 0.5) is 8.78 Å². The van der Waals surface area contributed by atoms with Crippen molar-refractivity contribution in [2.45, 2.75) is 118 Å². The number of hydrogen-bond donors (Lipinski definition) is 8. The molecule has 0 aliphatic carbocycles. The number of carbonyl (C=O) groups excluding carboxylic acids is 6. The fourth-order valence-corrected chi connectivity index (χ4v) is 8.56. The fraction of sp³-hybridized carbons (Fsp3) is 0.463. The van der Waals surface area contributed by atoms with E-state index < -0.39 is 83.3 Å². The average molecular weight is 1020 g/mol. The second kappa shape index (κ2) is 28.9. The van der Waals surface area contributed by atoms with Gasteiger partial charge in [0.2, 0.25) is 35.4 Å². The van der Waals surface area contributed by atoms with Crippen LogP contribution >= 0.6 is 0 Å². The number of pyridine rings is 1. The summed E-state index contributed by atoms with van der Waals surface area (Å²) >= 11 is 0. The van der Waals surface area contributed by atoms with Crippen LogP contribution in [0.2, 0.25) is 0 Å². The van der Waals surface area contributed by atoms with Gasteiger partial charge in [-0.2, -0.15) is 0 Å². The normalized spacial score (nSPS) is 13.0. The van der Waals surface area contributed by atoms with Gasteiger partial charge in [0.05, 0.1) is 31.2 Å². The maximum absolute atomic E-state index is 15.4. The fourth-order valence-electron chi connectivity index (χ4n) is 8.56. The van der Waals surface area contributed by atoms with E-state index >= 15 is 4.39 Å². The summed E-state index contributed by atoms with van der Waals surface area (Å²) < 4.78 is 31.8. The molecule has 17 nitrogen and oxygen atoms in total. The molecular formula is C54H75F2N9O8. The highest BCUT2D eigenvalue weighted by molar-refractivity contribution is 5.95. The number of halogens is 2. The molecule has 0 bridgehead atoms. The molecule has 0 fully saturated rings. The van der Waals surface area contributed by atoms with E-state index in [0.717, 1.165) is 23.8 Å². The van der Waals surface area contributed by atoms with Crippen LogP contribution in [0.3, 0.4) is 0 Å². The van der Waals surface area contributed by atoms with Gasteiger partial charge in [0, 0.05) is 73.6 Å².